The second-order valence-electron chi connectivity index (χ2n) is 6.74. The lowest BCUT2D eigenvalue weighted by Crippen LogP contribution is -2.52. The third-order valence-corrected chi connectivity index (χ3v) is 5.91. The molecule has 9 nitrogen and oxygen atoms in total. The molecule has 152 valence electrons. The van der Waals surface area contributed by atoms with Gasteiger partial charge in [0.2, 0.25) is 5.95 Å². The molecule has 1 fully saturated rings. The molecule has 0 saturated carbocycles. The number of urea groups is 1. The Morgan fingerprint density at radius 1 is 1.24 bits per heavy atom. The van der Waals surface area contributed by atoms with Crippen molar-refractivity contribution in [1.29, 1.82) is 0 Å². The van der Waals surface area contributed by atoms with Crippen LogP contribution in [-0.2, 0) is 9.53 Å². The number of carbonyl (C=O) groups excluding carboxylic acids is 2. The number of hydrogen-bond donors (Lipinski definition) is 2. The average Bonchev–Trinajstić information content (AvgIpc) is 3.29. The van der Waals surface area contributed by atoms with Gasteiger partial charge in [-0.05, 0) is 17.5 Å². The average molecular weight is 414 g/mol. The highest BCUT2D eigenvalue weighted by molar-refractivity contribution is 7.10. The first kappa shape index (κ1) is 19.3. The van der Waals surface area contributed by atoms with Crippen LogP contribution in [0.3, 0.4) is 0 Å². The van der Waals surface area contributed by atoms with Crippen LogP contribution in [0.2, 0.25) is 0 Å². The van der Waals surface area contributed by atoms with Gasteiger partial charge in [-0.25, -0.2) is 19.6 Å². The quantitative estimate of drug-likeness (QED) is 0.708. The normalized spacial score (nSPS) is 20.2. The van der Waals surface area contributed by atoms with Gasteiger partial charge in [0.05, 0.1) is 18.7 Å². The summed E-state index contributed by atoms with van der Waals surface area (Å²) in [6, 6.07) is 4.77. The molecule has 0 bridgehead atoms. The fourth-order valence-electron chi connectivity index (χ4n) is 3.55. The molecule has 0 aliphatic carbocycles. The summed E-state index contributed by atoms with van der Waals surface area (Å²) in [7, 11) is 1.35. The van der Waals surface area contributed by atoms with E-state index in [4.69, 9.17) is 4.74 Å². The van der Waals surface area contributed by atoms with Crippen molar-refractivity contribution in [2.24, 2.45) is 0 Å². The van der Waals surface area contributed by atoms with Gasteiger partial charge in [-0.2, -0.15) is 0 Å². The van der Waals surface area contributed by atoms with Gasteiger partial charge in [0.25, 0.3) is 0 Å². The number of methoxy groups -OCH3 is 1. The van der Waals surface area contributed by atoms with Crippen LogP contribution in [0.5, 0.6) is 0 Å². The molecular formula is C19H22N6O3S. The second-order valence-corrected chi connectivity index (χ2v) is 7.72. The van der Waals surface area contributed by atoms with Crippen LogP contribution < -0.4 is 15.5 Å². The molecule has 2 N–H and O–H groups in total. The third kappa shape index (κ3) is 4.22. The molecule has 2 aliphatic heterocycles. The molecule has 0 spiro atoms. The highest BCUT2D eigenvalue weighted by Crippen LogP contribution is 2.30. The van der Waals surface area contributed by atoms with Crippen LogP contribution in [0, 0.1) is 0 Å². The zero-order chi connectivity index (χ0) is 20.2. The van der Waals surface area contributed by atoms with Crippen molar-refractivity contribution in [2.45, 2.75) is 6.04 Å². The Kier molecular flexibility index (Phi) is 5.72. The van der Waals surface area contributed by atoms with Gasteiger partial charge in [0, 0.05) is 55.7 Å². The van der Waals surface area contributed by atoms with Crippen molar-refractivity contribution in [3.63, 3.8) is 0 Å². The van der Waals surface area contributed by atoms with Crippen LogP contribution in [0.1, 0.15) is 10.9 Å². The Balaban J connectivity index is 1.52. The van der Waals surface area contributed by atoms with Gasteiger partial charge in [0.1, 0.15) is 0 Å². The Labute approximate surface area is 172 Å². The van der Waals surface area contributed by atoms with Crippen molar-refractivity contribution in [2.75, 3.05) is 44.7 Å². The van der Waals surface area contributed by atoms with Crippen LogP contribution in [-0.4, -0.2) is 66.7 Å². The van der Waals surface area contributed by atoms with Crippen LogP contribution >= 0.6 is 11.3 Å². The Morgan fingerprint density at radius 3 is 2.66 bits per heavy atom. The number of amides is 2. The molecule has 1 saturated heterocycles. The Bertz CT molecular complexity index is 894. The number of carbonyl (C=O) groups is 2. The second kappa shape index (κ2) is 8.58. The molecule has 2 aromatic heterocycles. The monoisotopic (exact) mass is 414 g/mol. The molecular weight excluding hydrogens is 392 g/mol. The number of nitrogens with zero attached hydrogens (tertiary/aromatic N) is 4. The molecule has 2 amide bonds. The van der Waals surface area contributed by atoms with Gasteiger partial charge in [-0.3, -0.25) is 4.90 Å². The summed E-state index contributed by atoms with van der Waals surface area (Å²) in [5, 5.41) is 7.58. The number of nitrogens with one attached hydrogen (secondary N) is 2. The zero-order valence-corrected chi connectivity index (χ0v) is 16.8. The molecule has 29 heavy (non-hydrogen) atoms. The maximum Gasteiger partial charge on any atom is 0.338 e. The van der Waals surface area contributed by atoms with E-state index in [0.717, 1.165) is 37.0 Å². The fraction of sp³-hybridized carbons (Fsp3) is 0.368. The van der Waals surface area contributed by atoms with E-state index < -0.39 is 12.0 Å². The number of hydrogen-bond acceptors (Lipinski definition) is 8. The van der Waals surface area contributed by atoms with Gasteiger partial charge in [-0.1, -0.05) is 6.07 Å². The standard InChI is InChI=1S/C19H22N6O3S/c1-28-17(26)15-13(22-19(27)23-16(15)14-4-2-11-29-14)12-24-7-9-25(10-8-24)18-20-5-3-6-21-18/h2-6,11,16H,7-10,12H2,1H3,(H2,22,23,27)/t16-/m0/s1. The summed E-state index contributed by atoms with van der Waals surface area (Å²) in [6.07, 6.45) is 3.47. The lowest BCUT2D eigenvalue weighted by atomic mass is 10.0. The topological polar surface area (TPSA) is 99.7 Å². The highest BCUT2D eigenvalue weighted by Gasteiger charge is 2.35. The number of ether oxygens (including phenoxy) is 1. The van der Waals surface area contributed by atoms with E-state index in [0.29, 0.717) is 17.8 Å². The lowest BCUT2D eigenvalue weighted by Gasteiger charge is -2.36. The number of rotatable bonds is 5. The summed E-state index contributed by atoms with van der Waals surface area (Å²) < 4.78 is 5.02. The fourth-order valence-corrected chi connectivity index (χ4v) is 4.33. The van der Waals surface area contributed by atoms with Crippen molar-refractivity contribution in [3.05, 3.63) is 52.1 Å². The molecule has 4 rings (SSSR count). The summed E-state index contributed by atoms with van der Waals surface area (Å²) in [4.78, 5) is 38.6. The van der Waals surface area contributed by atoms with E-state index >= 15 is 0 Å². The van der Waals surface area contributed by atoms with E-state index in [-0.39, 0.29) is 6.03 Å². The van der Waals surface area contributed by atoms with Crippen molar-refractivity contribution < 1.29 is 14.3 Å². The number of piperazine rings is 1. The van der Waals surface area contributed by atoms with E-state index in [1.807, 2.05) is 17.5 Å². The molecule has 0 radical (unpaired) electrons. The molecule has 4 heterocycles. The SMILES string of the molecule is COC(=O)C1=C(CN2CCN(c3ncccn3)CC2)NC(=O)N[C@H]1c1cccs1. The molecule has 1 atom stereocenters. The van der Waals surface area contributed by atoms with Gasteiger partial charge < -0.3 is 20.3 Å². The maximum atomic E-state index is 12.6. The van der Waals surface area contributed by atoms with Crippen LogP contribution in [0.25, 0.3) is 0 Å². The first-order valence-electron chi connectivity index (χ1n) is 9.32. The minimum absolute atomic E-state index is 0.317. The van der Waals surface area contributed by atoms with Gasteiger partial charge in [0.15, 0.2) is 0 Å². The molecule has 0 unspecified atom stereocenters. The summed E-state index contributed by atoms with van der Waals surface area (Å²) in [6.45, 7) is 3.53. The van der Waals surface area contributed by atoms with Gasteiger partial charge in [-0.15, -0.1) is 11.3 Å². The number of anilines is 1. The maximum absolute atomic E-state index is 12.6. The first-order valence-corrected chi connectivity index (χ1v) is 10.2. The van der Waals surface area contributed by atoms with Crippen LogP contribution in [0.15, 0.2) is 47.2 Å². The van der Waals surface area contributed by atoms with Crippen LogP contribution in [0.4, 0.5) is 10.7 Å². The van der Waals surface area contributed by atoms with E-state index in [2.05, 4.69) is 30.4 Å². The largest absolute Gasteiger partial charge is 0.466 e. The summed E-state index contributed by atoms with van der Waals surface area (Å²) in [5.41, 5.74) is 1.03. The summed E-state index contributed by atoms with van der Waals surface area (Å²) in [5.74, 6) is 0.275. The minimum atomic E-state index is -0.509. The molecule has 2 aliphatic rings. The van der Waals surface area contributed by atoms with E-state index in [9.17, 15) is 9.59 Å². The van der Waals surface area contributed by atoms with Crippen molar-refractivity contribution in [3.8, 4) is 0 Å². The summed E-state index contributed by atoms with van der Waals surface area (Å²) >= 11 is 1.49. The van der Waals surface area contributed by atoms with Crippen molar-refractivity contribution in [1.82, 2.24) is 25.5 Å². The number of esters is 1. The number of aromatic nitrogens is 2. The smallest absolute Gasteiger partial charge is 0.338 e. The van der Waals surface area contributed by atoms with Gasteiger partial charge >= 0.3 is 12.0 Å². The van der Waals surface area contributed by atoms with E-state index in [1.165, 1.54) is 18.4 Å². The predicted octanol–water partition coefficient (Wildman–Crippen LogP) is 1.14. The van der Waals surface area contributed by atoms with E-state index in [1.54, 1.807) is 18.5 Å². The zero-order valence-electron chi connectivity index (χ0n) is 16.0. The highest BCUT2D eigenvalue weighted by atomic mass is 32.1. The molecule has 0 aromatic carbocycles. The third-order valence-electron chi connectivity index (χ3n) is 4.98. The lowest BCUT2D eigenvalue weighted by molar-refractivity contribution is -0.136. The predicted molar refractivity (Wildman–Crippen MR) is 108 cm³/mol. The van der Waals surface area contributed by atoms with Crippen molar-refractivity contribution >= 4 is 29.3 Å². The first-order chi connectivity index (χ1) is 14.2. The molecule has 10 heteroatoms. The number of thiophene rings is 1. The minimum Gasteiger partial charge on any atom is -0.466 e. The molecule has 2 aromatic rings. The Hall–Kier alpha value is -2.98. The Morgan fingerprint density at radius 2 is 2.00 bits per heavy atom.